The fraction of sp³-hybridized carbons (Fsp3) is 0.333. The average molecular weight is 366 g/mol. The number of fused-ring (bicyclic) bond motifs is 2. The first-order chi connectivity index (χ1) is 13.1. The second-order valence-corrected chi connectivity index (χ2v) is 6.91. The van der Waals surface area contributed by atoms with Crippen LogP contribution in [0.15, 0.2) is 36.4 Å². The molecule has 2 heterocycles. The van der Waals surface area contributed by atoms with E-state index in [0.29, 0.717) is 30.8 Å². The fourth-order valence-corrected chi connectivity index (χ4v) is 3.63. The van der Waals surface area contributed by atoms with Gasteiger partial charge in [-0.05, 0) is 49.1 Å². The molecular formula is C21H22N2O4. The summed E-state index contributed by atoms with van der Waals surface area (Å²) in [4.78, 5) is 24.4. The zero-order valence-electron chi connectivity index (χ0n) is 15.2. The monoisotopic (exact) mass is 366 g/mol. The summed E-state index contributed by atoms with van der Waals surface area (Å²) in [6.07, 6.45) is 2.78. The van der Waals surface area contributed by atoms with Crippen LogP contribution in [0.3, 0.4) is 0 Å². The molecule has 2 amide bonds. The van der Waals surface area contributed by atoms with Crippen LogP contribution < -0.4 is 20.1 Å². The molecule has 4 rings (SSSR count). The third kappa shape index (κ3) is 3.60. The van der Waals surface area contributed by atoms with Gasteiger partial charge in [-0.2, -0.15) is 0 Å². The second-order valence-electron chi connectivity index (χ2n) is 6.91. The number of methoxy groups -OCH3 is 1. The molecule has 2 aromatic carbocycles. The summed E-state index contributed by atoms with van der Waals surface area (Å²) < 4.78 is 11.2. The Hall–Kier alpha value is -3.02. The lowest BCUT2D eigenvalue weighted by molar-refractivity contribution is -0.116. The Kier molecular flexibility index (Phi) is 4.71. The van der Waals surface area contributed by atoms with Gasteiger partial charge in [-0.3, -0.25) is 9.59 Å². The van der Waals surface area contributed by atoms with Crippen molar-refractivity contribution in [3.63, 3.8) is 0 Å². The van der Waals surface area contributed by atoms with Gasteiger partial charge in [0.1, 0.15) is 6.61 Å². The van der Waals surface area contributed by atoms with Gasteiger partial charge in [0.15, 0.2) is 11.5 Å². The molecule has 0 bridgehead atoms. The lowest BCUT2D eigenvalue weighted by Crippen LogP contribution is -2.42. The van der Waals surface area contributed by atoms with Crippen molar-refractivity contribution in [2.75, 3.05) is 19.0 Å². The van der Waals surface area contributed by atoms with Crippen molar-refractivity contribution in [3.05, 3.63) is 53.1 Å². The van der Waals surface area contributed by atoms with E-state index in [4.69, 9.17) is 9.47 Å². The maximum atomic E-state index is 12.7. The molecule has 2 N–H and O–H groups in total. The summed E-state index contributed by atoms with van der Waals surface area (Å²) in [7, 11) is 1.62. The van der Waals surface area contributed by atoms with Gasteiger partial charge in [0.2, 0.25) is 5.91 Å². The van der Waals surface area contributed by atoms with E-state index in [-0.39, 0.29) is 17.9 Å². The Labute approximate surface area is 157 Å². The summed E-state index contributed by atoms with van der Waals surface area (Å²) in [6, 6.07) is 11.1. The van der Waals surface area contributed by atoms with Crippen LogP contribution in [0.2, 0.25) is 0 Å². The molecule has 2 aliphatic heterocycles. The van der Waals surface area contributed by atoms with Gasteiger partial charge in [0.05, 0.1) is 13.2 Å². The first-order valence-electron chi connectivity index (χ1n) is 9.16. The maximum Gasteiger partial charge on any atom is 0.251 e. The Morgan fingerprint density at radius 3 is 2.96 bits per heavy atom. The van der Waals surface area contributed by atoms with Gasteiger partial charge in [0, 0.05) is 23.2 Å². The zero-order valence-corrected chi connectivity index (χ0v) is 15.2. The molecule has 0 spiro atoms. The second kappa shape index (κ2) is 7.31. The Bertz CT molecular complexity index is 894. The highest BCUT2D eigenvalue weighted by Gasteiger charge is 2.24. The Balaban J connectivity index is 1.47. The minimum Gasteiger partial charge on any atom is -0.493 e. The number of benzene rings is 2. The normalized spacial score (nSPS) is 18.3. The van der Waals surface area contributed by atoms with Crippen LogP contribution in [-0.2, 0) is 17.6 Å². The number of hydrogen-bond donors (Lipinski definition) is 2. The third-order valence-corrected chi connectivity index (χ3v) is 5.00. The van der Waals surface area contributed by atoms with Crippen LogP contribution in [-0.4, -0.2) is 31.6 Å². The van der Waals surface area contributed by atoms with Crippen molar-refractivity contribution in [1.82, 2.24) is 5.32 Å². The van der Waals surface area contributed by atoms with Crippen LogP contribution >= 0.6 is 0 Å². The van der Waals surface area contributed by atoms with Gasteiger partial charge in [0.25, 0.3) is 5.91 Å². The standard InChI is InChI=1S/C21H22N2O4/c1-26-18-6-2-5-14-11-16(12-27-20(14)18)22-21(25)15-8-9-17-13(10-15)4-3-7-19(24)23-17/h2,5-6,8-10,16H,3-4,7,11-12H2,1H3,(H,22,25)(H,23,24). The van der Waals surface area contributed by atoms with E-state index in [1.165, 1.54) is 0 Å². The van der Waals surface area contributed by atoms with Crippen molar-refractivity contribution >= 4 is 17.5 Å². The number of anilines is 1. The summed E-state index contributed by atoms with van der Waals surface area (Å²) >= 11 is 0. The number of hydrogen-bond acceptors (Lipinski definition) is 4. The van der Waals surface area contributed by atoms with Crippen LogP contribution in [0.5, 0.6) is 11.5 Å². The van der Waals surface area contributed by atoms with E-state index in [1.807, 2.05) is 30.3 Å². The molecule has 2 aromatic rings. The lowest BCUT2D eigenvalue weighted by atomic mass is 10.0. The minimum atomic E-state index is -0.131. The number of carbonyl (C=O) groups excluding carboxylic acids is 2. The first-order valence-corrected chi connectivity index (χ1v) is 9.16. The van der Waals surface area contributed by atoms with Crippen molar-refractivity contribution < 1.29 is 19.1 Å². The zero-order chi connectivity index (χ0) is 18.8. The highest BCUT2D eigenvalue weighted by Crippen LogP contribution is 2.34. The number of nitrogens with one attached hydrogen (secondary N) is 2. The van der Waals surface area contributed by atoms with Gasteiger partial charge >= 0.3 is 0 Å². The maximum absolute atomic E-state index is 12.7. The predicted octanol–water partition coefficient (Wildman–Crippen LogP) is 2.70. The van der Waals surface area contributed by atoms with E-state index in [1.54, 1.807) is 13.2 Å². The topological polar surface area (TPSA) is 76.7 Å². The summed E-state index contributed by atoms with van der Waals surface area (Å²) in [5.41, 5.74) is 3.43. The van der Waals surface area contributed by atoms with Crippen molar-refractivity contribution in [2.24, 2.45) is 0 Å². The highest BCUT2D eigenvalue weighted by atomic mass is 16.5. The Morgan fingerprint density at radius 2 is 2.11 bits per heavy atom. The summed E-state index contributed by atoms with van der Waals surface area (Å²) in [5, 5.41) is 5.94. The molecule has 140 valence electrons. The summed E-state index contributed by atoms with van der Waals surface area (Å²) in [5.74, 6) is 1.36. The van der Waals surface area contributed by atoms with Gasteiger partial charge in [-0.15, -0.1) is 0 Å². The van der Waals surface area contributed by atoms with E-state index in [2.05, 4.69) is 10.6 Å². The molecule has 1 atom stereocenters. The van der Waals surface area contributed by atoms with E-state index in [0.717, 1.165) is 35.4 Å². The predicted molar refractivity (Wildman–Crippen MR) is 101 cm³/mol. The molecule has 6 heteroatoms. The molecule has 27 heavy (non-hydrogen) atoms. The van der Waals surface area contributed by atoms with E-state index < -0.39 is 0 Å². The van der Waals surface area contributed by atoms with Crippen LogP contribution in [0.4, 0.5) is 5.69 Å². The molecule has 0 aromatic heterocycles. The van der Waals surface area contributed by atoms with Gasteiger partial charge < -0.3 is 20.1 Å². The van der Waals surface area contributed by atoms with Crippen LogP contribution in [0.25, 0.3) is 0 Å². The van der Waals surface area contributed by atoms with Crippen molar-refractivity contribution in [1.29, 1.82) is 0 Å². The smallest absolute Gasteiger partial charge is 0.251 e. The number of ether oxygens (including phenoxy) is 2. The number of aryl methyl sites for hydroxylation is 1. The molecule has 2 aliphatic rings. The molecule has 0 saturated carbocycles. The van der Waals surface area contributed by atoms with Gasteiger partial charge in [-0.25, -0.2) is 0 Å². The lowest BCUT2D eigenvalue weighted by Gasteiger charge is -2.27. The van der Waals surface area contributed by atoms with E-state index in [9.17, 15) is 9.59 Å². The number of carbonyl (C=O) groups is 2. The summed E-state index contributed by atoms with van der Waals surface area (Å²) in [6.45, 7) is 0.403. The molecule has 0 aliphatic carbocycles. The highest BCUT2D eigenvalue weighted by molar-refractivity contribution is 5.97. The molecule has 6 nitrogen and oxygen atoms in total. The molecule has 0 saturated heterocycles. The van der Waals surface area contributed by atoms with Gasteiger partial charge in [-0.1, -0.05) is 12.1 Å². The molecule has 0 fully saturated rings. The van der Waals surface area contributed by atoms with Crippen molar-refractivity contribution in [2.45, 2.75) is 31.7 Å². The largest absolute Gasteiger partial charge is 0.493 e. The Morgan fingerprint density at radius 1 is 1.22 bits per heavy atom. The van der Waals surface area contributed by atoms with Crippen LogP contribution in [0.1, 0.15) is 34.3 Å². The SMILES string of the molecule is COc1cccc2c1OCC(NC(=O)c1ccc3c(c1)CCCC(=O)N3)C2. The number of para-hydroxylation sites is 1. The minimum absolute atomic E-state index is 0.0272. The fourth-order valence-electron chi connectivity index (χ4n) is 3.63. The number of rotatable bonds is 3. The van der Waals surface area contributed by atoms with Crippen molar-refractivity contribution in [3.8, 4) is 11.5 Å². The first kappa shape index (κ1) is 17.4. The van der Waals surface area contributed by atoms with Crippen LogP contribution in [0, 0.1) is 0 Å². The number of amides is 2. The molecule has 1 unspecified atom stereocenters. The molecular weight excluding hydrogens is 344 g/mol. The quantitative estimate of drug-likeness (QED) is 0.876. The molecule has 0 radical (unpaired) electrons. The van der Waals surface area contributed by atoms with E-state index >= 15 is 0 Å². The average Bonchev–Trinajstić information content (AvgIpc) is 2.87. The third-order valence-electron chi connectivity index (χ3n) is 5.00.